The van der Waals surface area contributed by atoms with Crippen LogP contribution in [0.4, 0.5) is 18.9 Å². The minimum Gasteiger partial charge on any atom is -0.501 e. The van der Waals surface area contributed by atoms with Gasteiger partial charge >= 0.3 is 6.18 Å². The highest BCUT2D eigenvalue weighted by Gasteiger charge is 2.37. The minimum absolute atomic E-state index is 0.111. The van der Waals surface area contributed by atoms with Crippen molar-refractivity contribution in [1.82, 2.24) is 0 Å². The molecule has 0 radical (unpaired) electrons. The molecule has 0 spiro atoms. The highest BCUT2D eigenvalue weighted by molar-refractivity contribution is 6.40. The molecule has 1 aliphatic rings. The van der Waals surface area contributed by atoms with E-state index >= 15 is 0 Å². The molecule has 0 aliphatic carbocycles. The van der Waals surface area contributed by atoms with Crippen LogP contribution in [0.2, 0.25) is 0 Å². The number of hydrogen-bond acceptors (Lipinski definition) is 3. The highest BCUT2D eigenvalue weighted by Crippen LogP contribution is 2.35. The second-order valence-electron chi connectivity index (χ2n) is 5.53. The predicted molar refractivity (Wildman–Crippen MR) is 89.3 cm³/mol. The van der Waals surface area contributed by atoms with Gasteiger partial charge in [0.2, 0.25) is 0 Å². The highest BCUT2D eigenvalue weighted by atomic mass is 19.4. The molecule has 0 saturated heterocycles. The number of hydrogen-bond donors (Lipinski definition) is 0. The third kappa shape index (κ3) is 3.08. The van der Waals surface area contributed by atoms with E-state index in [0.717, 1.165) is 23.1 Å². The van der Waals surface area contributed by atoms with Gasteiger partial charge in [-0.15, -0.1) is 0 Å². The monoisotopic (exact) mass is 361 g/mol. The van der Waals surface area contributed by atoms with Crippen LogP contribution in [0.3, 0.4) is 0 Å². The fourth-order valence-electron chi connectivity index (χ4n) is 2.69. The summed E-state index contributed by atoms with van der Waals surface area (Å²) in [6.07, 6.45) is -3.35. The van der Waals surface area contributed by atoms with Gasteiger partial charge in [-0.05, 0) is 31.2 Å². The summed E-state index contributed by atoms with van der Waals surface area (Å²) in [4.78, 5) is 26.3. The van der Waals surface area contributed by atoms with Crippen molar-refractivity contribution in [3.63, 3.8) is 0 Å². The molecule has 0 fully saturated rings. The molecular weight excluding hydrogens is 347 g/mol. The number of alkyl halides is 3. The maximum atomic E-state index is 13.0. The zero-order chi connectivity index (χ0) is 18.9. The van der Waals surface area contributed by atoms with Crippen molar-refractivity contribution in [2.24, 2.45) is 0 Å². The lowest BCUT2D eigenvalue weighted by atomic mass is 9.94. The van der Waals surface area contributed by atoms with Crippen LogP contribution in [0.1, 0.15) is 28.4 Å². The third-order valence-electron chi connectivity index (χ3n) is 3.88. The molecule has 2 aromatic rings. The quantitative estimate of drug-likeness (QED) is 0.466. The molecule has 1 aliphatic heterocycles. The van der Waals surface area contributed by atoms with Gasteiger partial charge in [-0.25, -0.2) is 4.90 Å². The van der Waals surface area contributed by atoms with Crippen LogP contribution in [0.5, 0.6) is 0 Å². The van der Waals surface area contributed by atoms with Crippen molar-refractivity contribution in [2.45, 2.75) is 13.1 Å². The van der Waals surface area contributed by atoms with Crippen LogP contribution in [-0.4, -0.2) is 18.4 Å². The van der Waals surface area contributed by atoms with E-state index in [-0.39, 0.29) is 16.8 Å². The molecule has 0 unspecified atom stereocenters. The maximum Gasteiger partial charge on any atom is 0.416 e. The standard InChI is InChI=1S/C19H14F3NO3/c1-2-26-11-16-14-8-3-4-9-15(14)17(24)23(18(16)25)13-7-5-6-12(10-13)19(20,21)22/h3-11H,2H2,1H3/b16-11+. The largest absolute Gasteiger partial charge is 0.501 e. The first-order valence-corrected chi connectivity index (χ1v) is 7.81. The normalized spacial score (nSPS) is 16.0. The van der Waals surface area contributed by atoms with Crippen molar-refractivity contribution in [2.75, 3.05) is 11.5 Å². The first-order chi connectivity index (χ1) is 12.3. The molecule has 26 heavy (non-hydrogen) atoms. The summed E-state index contributed by atoms with van der Waals surface area (Å²) in [5, 5.41) is 0. The molecule has 1 heterocycles. The van der Waals surface area contributed by atoms with Gasteiger partial charge in [0, 0.05) is 11.1 Å². The lowest BCUT2D eigenvalue weighted by molar-refractivity contribution is -0.137. The maximum absolute atomic E-state index is 13.0. The molecule has 3 rings (SSSR count). The summed E-state index contributed by atoms with van der Waals surface area (Å²) in [7, 11) is 0. The van der Waals surface area contributed by atoms with Crippen LogP contribution in [0.15, 0.2) is 54.8 Å². The smallest absolute Gasteiger partial charge is 0.416 e. The number of rotatable bonds is 3. The number of fused-ring (bicyclic) bond motifs is 1. The van der Waals surface area contributed by atoms with E-state index in [1.54, 1.807) is 25.1 Å². The molecule has 2 amide bonds. The zero-order valence-corrected chi connectivity index (χ0v) is 13.7. The second-order valence-corrected chi connectivity index (χ2v) is 5.53. The summed E-state index contributed by atoms with van der Waals surface area (Å²) >= 11 is 0. The molecule has 7 heteroatoms. The Morgan fingerprint density at radius 3 is 2.35 bits per heavy atom. The summed E-state index contributed by atoms with van der Waals surface area (Å²) in [5.41, 5.74) is -0.370. The summed E-state index contributed by atoms with van der Waals surface area (Å²) in [6.45, 7) is 2.03. The number of carbonyl (C=O) groups excluding carboxylic acids is 2. The Bertz CT molecular complexity index is 903. The van der Waals surface area contributed by atoms with Crippen molar-refractivity contribution in [1.29, 1.82) is 0 Å². The number of imide groups is 1. The summed E-state index contributed by atoms with van der Waals surface area (Å²) < 4.78 is 44.2. The molecular formula is C19H14F3NO3. The molecule has 134 valence electrons. The fourth-order valence-corrected chi connectivity index (χ4v) is 2.69. The Labute approximate surface area is 147 Å². The third-order valence-corrected chi connectivity index (χ3v) is 3.88. The van der Waals surface area contributed by atoms with Gasteiger partial charge in [-0.3, -0.25) is 9.59 Å². The van der Waals surface area contributed by atoms with Crippen LogP contribution < -0.4 is 4.90 Å². The number of ether oxygens (including phenoxy) is 1. The molecule has 0 N–H and O–H groups in total. The zero-order valence-electron chi connectivity index (χ0n) is 13.7. The van der Waals surface area contributed by atoms with E-state index in [2.05, 4.69) is 0 Å². The average molecular weight is 361 g/mol. The van der Waals surface area contributed by atoms with Crippen molar-refractivity contribution in [3.05, 3.63) is 71.5 Å². The Morgan fingerprint density at radius 1 is 1.00 bits per heavy atom. The van der Waals surface area contributed by atoms with E-state index in [1.807, 2.05) is 0 Å². The van der Waals surface area contributed by atoms with Crippen molar-refractivity contribution < 1.29 is 27.5 Å². The van der Waals surface area contributed by atoms with E-state index in [9.17, 15) is 22.8 Å². The SMILES string of the molecule is CCO/C=C1/C(=O)N(c2cccc(C(F)(F)F)c2)C(=O)c2ccccc21. The second kappa shape index (κ2) is 6.67. The Hall–Kier alpha value is -3.09. The summed E-state index contributed by atoms with van der Waals surface area (Å²) in [5.74, 6) is -1.42. The van der Waals surface area contributed by atoms with Gasteiger partial charge in [-0.2, -0.15) is 13.2 Å². The lowest BCUT2D eigenvalue weighted by Crippen LogP contribution is -2.42. The first kappa shape index (κ1) is 17.7. The van der Waals surface area contributed by atoms with E-state index in [4.69, 9.17) is 4.74 Å². The van der Waals surface area contributed by atoms with Gasteiger partial charge in [0.25, 0.3) is 11.8 Å². The Kier molecular flexibility index (Phi) is 4.54. The van der Waals surface area contributed by atoms with Gasteiger partial charge in [-0.1, -0.05) is 24.3 Å². The molecule has 0 bridgehead atoms. The molecule has 0 aromatic heterocycles. The molecule has 4 nitrogen and oxygen atoms in total. The number of anilines is 1. The Balaban J connectivity index is 2.15. The van der Waals surface area contributed by atoms with E-state index in [1.165, 1.54) is 18.4 Å². The minimum atomic E-state index is -4.58. The lowest BCUT2D eigenvalue weighted by Gasteiger charge is -2.28. The van der Waals surface area contributed by atoms with Crippen LogP contribution in [0.25, 0.3) is 5.57 Å². The molecule has 0 atom stereocenters. The number of benzene rings is 2. The number of amides is 2. The fraction of sp³-hybridized carbons (Fsp3) is 0.158. The average Bonchev–Trinajstić information content (AvgIpc) is 2.61. The number of nitrogens with zero attached hydrogens (tertiary/aromatic N) is 1. The molecule has 2 aromatic carbocycles. The first-order valence-electron chi connectivity index (χ1n) is 7.81. The van der Waals surface area contributed by atoms with Gasteiger partial charge in [0.05, 0.1) is 29.7 Å². The van der Waals surface area contributed by atoms with Crippen molar-refractivity contribution >= 4 is 23.1 Å². The topological polar surface area (TPSA) is 46.6 Å². The number of halogens is 3. The van der Waals surface area contributed by atoms with Gasteiger partial charge < -0.3 is 4.74 Å². The van der Waals surface area contributed by atoms with Crippen molar-refractivity contribution in [3.8, 4) is 0 Å². The van der Waals surface area contributed by atoms with Crippen LogP contribution >= 0.6 is 0 Å². The predicted octanol–water partition coefficient (Wildman–Crippen LogP) is 4.27. The number of carbonyl (C=O) groups is 2. The van der Waals surface area contributed by atoms with Crippen LogP contribution in [0, 0.1) is 0 Å². The summed E-state index contributed by atoms with van der Waals surface area (Å²) in [6, 6.07) is 10.5. The van der Waals surface area contributed by atoms with Gasteiger partial charge in [0.1, 0.15) is 0 Å². The van der Waals surface area contributed by atoms with Crippen LogP contribution in [-0.2, 0) is 15.7 Å². The Morgan fingerprint density at radius 2 is 1.69 bits per heavy atom. The van der Waals surface area contributed by atoms with Gasteiger partial charge in [0.15, 0.2) is 0 Å². The van der Waals surface area contributed by atoms with E-state index < -0.39 is 23.6 Å². The molecule has 0 saturated carbocycles. The van der Waals surface area contributed by atoms with E-state index in [0.29, 0.717) is 12.2 Å².